The van der Waals surface area contributed by atoms with Crippen molar-refractivity contribution in [2.24, 2.45) is 0 Å². The van der Waals surface area contributed by atoms with Crippen molar-refractivity contribution in [3.63, 3.8) is 0 Å². The fourth-order valence-electron chi connectivity index (χ4n) is 2.61. The maximum atomic E-state index is 12.3. The minimum absolute atomic E-state index is 0.332. The second-order valence-electron chi connectivity index (χ2n) is 5.91. The lowest BCUT2D eigenvalue weighted by Crippen LogP contribution is -2.21. The van der Waals surface area contributed by atoms with Crippen LogP contribution in [0.2, 0.25) is 0 Å². The molecule has 6 heteroatoms. The fourth-order valence-corrected chi connectivity index (χ4v) is 2.61. The van der Waals surface area contributed by atoms with Crippen LogP contribution in [0.1, 0.15) is 18.2 Å². The molecule has 0 aliphatic rings. The number of nitrogens with zero attached hydrogens (tertiary/aromatic N) is 2. The van der Waals surface area contributed by atoms with E-state index in [0.717, 1.165) is 23.6 Å². The number of carbonyl (C=O) groups is 1. The van der Waals surface area contributed by atoms with Crippen LogP contribution < -0.4 is 15.4 Å². The summed E-state index contributed by atoms with van der Waals surface area (Å²) in [5.41, 5.74) is 3.65. The number of rotatable bonds is 5. The quantitative estimate of drug-likeness (QED) is 0.717. The first-order valence-corrected chi connectivity index (χ1v) is 8.47. The summed E-state index contributed by atoms with van der Waals surface area (Å²) >= 11 is 0. The van der Waals surface area contributed by atoms with Crippen molar-refractivity contribution in [2.75, 3.05) is 17.7 Å². The zero-order chi connectivity index (χ0) is 18.5. The molecule has 0 spiro atoms. The number of hydrogen-bond donors (Lipinski definition) is 2. The molecule has 3 rings (SSSR count). The van der Waals surface area contributed by atoms with Gasteiger partial charge in [0.05, 0.1) is 18.5 Å². The molecule has 26 heavy (non-hydrogen) atoms. The van der Waals surface area contributed by atoms with Gasteiger partial charge in [-0.05, 0) is 55.3 Å². The van der Waals surface area contributed by atoms with E-state index in [1.807, 2.05) is 25.1 Å². The van der Waals surface area contributed by atoms with Crippen LogP contribution in [0.25, 0.3) is 5.69 Å². The number of methoxy groups -OCH3 is 1. The molecule has 1 heterocycles. The van der Waals surface area contributed by atoms with Gasteiger partial charge in [-0.3, -0.25) is 5.32 Å². The molecule has 0 radical (unpaired) electrons. The molecule has 0 bridgehead atoms. The third kappa shape index (κ3) is 4.03. The average molecular weight is 350 g/mol. The smallest absolute Gasteiger partial charge is 0.324 e. The zero-order valence-corrected chi connectivity index (χ0v) is 15.1. The van der Waals surface area contributed by atoms with Gasteiger partial charge in [0.25, 0.3) is 0 Å². The topological polar surface area (TPSA) is 68.2 Å². The van der Waals surface area contributed by atoms with Gasteiger partial charge in [-0.25, -0.2) is 9.48 Å². The van der Waals surface area contributed by atoms with E-state index in [4.69, 9.17) is 4.74 Å². The van der Waals surface area contributed by atoms with Crippen molar-refractivity contribution in [3.8, 4) is 11.4 Å². The van der Waals surface area contributed by atoms with Crippen LogP contribution in [0, 0.1) is 6.92 Å². The van der Waals surface area contributed by atoms with Gasteiger partial charge in [0.1, 0.15) is 11.6 Å². The number of anilines is 2. The minimum Gasteiger partial charge on any atom is -0.497 e. The van der Waals surface area contributed by atoms with Crippen LogP contribution in [0.15, 0.2) is 54.6 Å². The molecule has 0 fully saturated rings. The van der Waals surface area contributed by atoms with Crippen molar-refractivity contribution >= 4 is 17.5 Å². The van der Waals surface area contributed by atoms with E-state index in [9.17, 15) is 4.79 Å². The Kier molecular flexibility index (Phi) is 5.22. The predicted molar refractivity (Wildman–Crippen MR) is 103 cm³/mol. The van der Waals surface area contributed by atoms with Crippen molar-refractivity contribution in [1.82, 2.24) is 9.78 Å². The van der Waals surface area contributed by atoms with Crippen LogP contribution in [0.4, 0.5) is 16.3 Å². The average Bonchev–Trinajstić information content (AvgIpc) is 3.02. The van der Waals surface area contributed by atoms with Gasteiger partial charge in [0.15, 0.2) is 0 Å². The number of amides is 2. The van der Waals surface area contributed by atoms with E-state index in [1.54, 1.807) is 36.1 Å². The first kappa shape index (κ1) is 17.5. The van der Waals surface area contributed by atoms with Crippen LogP contribution in [-0.2, 0) is 6.42 Å². The Balaban J connectivity index is 1.75. The molecule has 6 nitrogen and oxygen atoms in total. The van der Waals surface area contributed by atoms with Crippen LogP contribution in [-0.4, -0.2) is 22.9 Å². The highest BCUT2D eigenvalue weighted by Crippen LogP contribution is 2.19. The Hall–Kier alpha value is -3.28. The SMILES string of the molecule is CCc1ccc(-n2nc(C)cc2NC(=O)Nc2ccc(OC)cc2)cc1. The van der Waals surface area contributed by atoms with Gasteiger partial charge in [-0.2, -0.15) is 5.10 Å². The van der Waals surface area contributed by atoms with Crippen molar-refractivity contribution < 1.29 is 9.53 Å². The number of carbonyl (C=O) groups excluding carboxylic acids is 1. The summed E-state index contributed by atoms with van der Waals surface area (Å²) in [5, 5.41) is 10.1. The van der Waals surface area contributed by atoms with Crippen LogP contribution in [0.5, 0.6) is 5.75 Å². The van der Waals surface area contributed by atoms with Gasteiger partial charge in [0, 0.05) is 11.8 Å². The molecule has 0 saturated carbocycles. The Morgan fingerprint density at radius 3 is 2.38 bits per heavy atom. The van der Waals surface area contributed by atoms with E-state index >= 15 is 0 Å². The molecule has 0 saturated heterocycles. The first-order chi connectivity index (χ1) is 12.6. The Morgan fingerprint density at radius 2 is 1.77 bits per heavy atom. The van der Waals surface area contributed by atoms with E-state index in [0.29, 0.717) is 11.5 Å². The van der Waals surface area contributed by atoms with Gasteiger partial charge >= 0.3 is 6.03 Å². The van der Waals surface area contributed by atoms with E-state index in [2.05, 4.69) is 34.8 Å². The first-order valence-electron chi connectivity index (χ1n) is 8.47. The predicted octanol–water partition coefficient (Wildman–Crippen LogP) is 4.40. The molecular weight excluding hydrogens is 328 g/mol. The Bertz CT molecular complexity index is 883. The maximum Gasteiger partial charge on any atom is 0.324 e. The number of aryl methyl sites for hydroxylation is 2. The lowest BCUT2D eigenvalue weighted by Gasteiger charge is -2.11. The standard InChI is InChI=1S/C20H22N4O2/c1-4-15-5-9-17(10-6-15)24-19(13-14(2)23-24)22-20(25)21-16-7-11-18(26-3)12-8-16/h5-13H,4H2,1-3H3,(H2,21,22,25). The highest BCUT2D eigenvalue weighted by Gasteiger charge is 2.11. The molecule has 0 aliphatic carbocycles. The third-order valence-corrected chi connectivity index (χ3v) is 4.01. The summed E-state index contributed by atoms with van der Waals surface area (Å²) in [4.78, 5) is 12.3. The van der Waals surface area contributed by atoms with E-state index in [-0.39, 0.29) is 6.03 Å². The number of ether oxygens (including phenoxy) is 1. The monoisotopic (exact) mass is 350 g/mol. The van der Waals surface area contributed by atoms with Gasteiger partial charge in [-0.1, -0.05) is 19.1 Å². The largest absolute Gasteiger partial charge is 0.497 e. The molecule has 3 aromatic rings. The highest BCUT2D eigenvalue weighted by molar-refractivity contribution is 5.99. The number of hydrogen-bond acceptors (Lipinski definition) is 3. The molecule has 0 aliphatic heterocycles. The summed E-state index contributed by atoms with van der Waals surface area (Å²) in [6.45, 7) is 4.01. The maximum absolute atomic E-state index is 12.3. The highest BCUT2D eigenvalue weighted by atomic mass is 16.5. The number of benzene rings is 2. The summed E-state index contributed by atoms with van der Waals surface area (Å²) in [6, 6.07) is 16.8. The Morgan fingerprint density at radius 1 is 1.08 bits per heavy atom. The number of urea groups is 1. The molecule has 0 unspecified atom stereocenters. The molecule has 134 valence electrons. The molecule has 1 aromatic heterocycles. The minimum atomic E-state index is -0.332. The number of nitrogens with one attached hydrogen (secondary N) is 2. The van der Waals surface area contributed by atoms with E-state index in [1.165, 1.54) is 5.56 Å². The summed E-state index contributed by atoms with van der Waals surface area (Å²) < 4.78 is 6.84. The molecule has 2 amide bonds. The number of aromatic nitrogens is 2. The van der Waals surface area contributed by atoms with Crippen LogP contribution in [0.3, 0.4) is 0 Å². The third-order valence-electron chi connectivity index (χ3n) is 4.01. The molecule has 0 atom stereocenters. The summed E-state index contributed by atoms with van der Waals surface area (Å²) in [6.07, 6.45) is 0.980. The van der Waals surface area contributed by atoms with Gasteiger partial charge in [-0.15, -0.1) is 0 Å². The second-order valence-corrected chi connectivity index (χ2v) is 5.91. The van der Waals surface area contributed by atoms with Crippen molar-refractivity contribution in [2.45, 2.75) is 20.3 Å². The second kappa shape index (κ2) is 7.74. The van der Waals surface area contributed by atoms with Gasteiger partial charge in [0.2, 0.25) is 0 Å². The Labute approximate surface area is 152 Å². The molecule has 2 aromatic carbocycles. The van der Waals surface area contributed by atoms with Crippen LogP contribution >= 0.6 is 0 Å². The fraction of sp³-hybridized carbons (Fsp3) is 0.200. The van der Waals surface area contributed by atoms with E-state index < -0.39 is 0 Å². The molecule has 2 N–H and O–H groups in total. The normalized spacial score (nSPS) is 10.4. The summed E-state index contributed by atoms with van der Waals surface area (Å²) in [7, 11) is 1.60. The van der Waals surface area contributed by atoms with Gasteiger partial charge < -0.3 is 10.1 Å². The lowest BCUT2D eigenvalue weighted by molar-refractivity contribution is 0.262. The van der Waals surface area contributed by atoms with Crippen molar-refractivity contribution in [3.05, 3.63) is 65.9 Å². The van der Waals surface area contributed by atoms with Crippen molar-refractivity contribution in [1.29, 1.82) is 0 Å². The summed E-state index contributed by atoms with van der Waals surface area (Å²) in [5.74, 6) is 1.35. The zero-order valence-electron chi connectivity index (χ0n) is 15.1. The lowest BCUT2D eigenvalue weighted by atomic mass is 10.1. The molecular formula is C20H22N4O2.